The summed E-state index contributed by atoms with van der Waals surface area (Å²) in [6.45, 7) is 14.1. The summed E-state index contributed by atoms with van der Waals surface area (Å²) >= 11 is 0. The van der Waals surface area contributed by atoms with Crippen LogP contribution in [-0.2, 0) is 4.79 Å². The van der Waals surface area contributed by atoms with Crippen LogP contribution in [0.25, 0.3) is 0 Å². The van der Waals surface area contributed by atoms with Crippen LogP contribution in [0.15, 0.2) is 18.2 Å². The Bertz CT molecular complexity index is 468. The van der Waals surface area contributed by atoms with Gasteiger partial charge in [0.25, 0.3) is 5.91 Å². The van der Waals surface area contributed by atoms with Crippen molar-refractivity contribution in [3.8, 4) is 5.75 Å². The molecule has 1 amide bonds. The minimum absolute atomic E-state index is 0.0663. The lowest BCUT2D eigenvalue weighted by Crippen LogP contribution is -2.36. The molecular formula is C18H30N2O2. The average Bonchev–Trinajstić information content (AvgIpc) is 2.49. The lowest BCUT2D eigenvalue weighted by atomic mass is 10.0. The fraction of sp³-hybridized carbons (Fsp3) is 0.611. The first-order chi connectivity index (χ1) is 10.5. The van der Waals surface area contributed by atoms with Gasteiger partial charge in [0.05, 0.1) is 0 Å². The van der Waals surface area contributed by atoms with E-state index in [0.717, 1.165) is 36.5 Å². The Kier molecular flexibility index (Phi) is 7.96. The number of amides is 1. The molecule has 0 bridgehead atoms. The van der Waals surface area contributed by atoms with Crippen molar-refractivity contribution in [2.24, 2.45) is 0 Å². The van der Waals surface area contributed by atoms with Gasteiger partial charge in [0.1, 0.15) is 5.75 Å². The van der Waals surface area contributed by atoms with Crippen LogP contribution < -0.4 is 10.1 Å². The summed E-state index contributed by atoms with van der Waals surface area (Å²) in [6.07, 6.45) is 0. The van der Waals surface area contributed by atoms with Crippen molar-refractivity contribution in [3.05, 3.63) is 29.3 Å². The number of nitrogens with one attached hydrogen (secondary N) is 1. The van der Waals surface area contributed by atoms with E-state index in [4.69, 9.17) is 4.74 Å². The van der Waals surface area contributed by atoms with E-state index in [1.54, 1.807) is 0 Å². The molecule has 0 aliphatic rings. The molecule has 0 spiro atoms. The third kappa shape index (κ3) is 6.06. The van der Waals surface area contributed by atoms with Crippen molar-refractivity contribution in [2.45, 2.75) is 40.5 Å². The first-order valence-electron chi connectivity index (χ1n) is 8.20. The van der Waals surface area contributed by atoms with E-state index in [9.17, 15) is 4.79 Å². The topological polar surface area (TPSA) is 41.6 Å². The van der Waals surface area contributed by atoms with Crippen LogP contribution in [0, 0.1) is 6.92 Å². The standard InChI is InChI=1S/C18H30N2O2/c1-6-20(7-2)11-10-19-18(21)13-22-17-12-15(5)8-9-16(17)14(3)4/h8-9,12,14H,6-7,10-11,13H2,1-5H3,(H,19,21). The van der Waals surface area contributed by atoms with Gasteiger partial charge in [0.15, 0.2) is 6.61 Å². The van der Waals surface area contributed by atoms with Gasteiger partial charge in [-0.1, -0.05) is 39.8 Å². The van der Waals surface area contributed by atoms with E-state index in [1.165, 1.54) is 0 Å². The number of hydrogen-bond donors (Lipinski definition) is 1. The Labute approximate surface area is 134 Å². The van der Waals surface area contributed by atoms with Crippen molar-refractivity contribution < 1.29 is 9.53 Å². The highest BCUT2D eigenvalue weighted by atomic mass is 16.5. The lowest BCUT2D eigenvalue weighted by Gasteiger charge is -2.18. The minimum atomic E-state index is -0.0663. The lowest BCUT2D eigenvalue weighted by molar-refractivity contribution is -0.123. The van der Waals surface area contributed by atoms with E-state index in [1.807, 2.05) is 13.0 Å². The summed E-state index contributed by atoms with van der Waals surface area (Å²) in [7, 11) is 0. The predicted octanol–water partition coefficient (Wildman–Crippen LogP) is 2.96. The number of ether oxygens (including phenoxy) is 1. The third-order valence-corrected chi connectivity index (χ3v) is 3.79. The fourth-order valence-corrected chi connectivity index (χ4v) is 2.33. The van der Waals surface area contributed by atoms with Crippen molar-refractivity contribution >= 4 is 5.91 Å². The van der Waals surface area contributed by atoms with E-state index in [0.29, 0.717) is 12.5 Å². The van der Waals surface area contributed by atoms with E-state index in [2.05, 4.69) is 50.0 Å². The molecular weight excluding hydrogens is 276 g/mol. The average molecular weight is 306 g/mol. The van der Waals surface area contributed by atoms with Gasteiger partial charge in [0, 0.05) is 13.1 Å². The summed E-state index contributed by atoms with van der Waals surface area (Å²) in [5, 5.41) is 2.91. The highest BCUT2D eigenvalue weighted by molar-refractivity contribution is 5.77. The minimum Gasteiger partial charge on any atom is -0.483 e. The van der Waals surface area contributed by atoms with Crippen LogP contribution in [0.1, 0.15) is 44.7 Å². The molecule has 0 saturated heterocycles. The molecule has 0 atom stereocenters. The number of carbonyl (C=O) groups is 1. The Morgan fingerprint density at radius 1 is 1.27 bits per heavy atom. The molecule has 22 heavy (non-hydrogen) atoms. The first kappa shape index (κ1) is 18.5. The second kappa shape index (κ2) is 9.46. The molecule has 4 nitrogen and oxygen atoms in total. The van der Waals surface area contributed by atoms with Crippen LogP contribution in [-0.4, -0.2) is 43.6 Å². The molecule has 4 heteroatoms. The summed E-state index contributed by atoms with van der Waals surface area (Å²) < 4.78 is 5.73. The highest BCUT2D eigenvalue weighted by Crippen LogP contribution is 2.27. The number of benzene rings is 1. The van der Waals surface area contributed by atoms with Crippen LogP contribution in [0.5, 0.6) is 5.75 Å². The Hall–Kier alpha value is -1.55. The highest BCUT2D eigenvalue weighted by Gasteiger charge is 2.10. The van der Waals surface area contributed by atoms with Gasteiger partial charge >= 0.3 is 0 Å². The summed E-state index contributed by atoms with van der Waals surface area (Å²) in [4.78, 5) is 14.2. The van der Waals surface area contributed by atoms with Gasteiger partial charge < -0.3 is 15.0 Å². The monoisotopic (exact) mass is 306 g/mol. The normalized spacial score (nSPS) is 11.0. The third-order valence-electron chi connectivity index (χ3n) is 3.79. The van der Waals surface area contributed by atoms with E-state index >= 15 is 0 Å². The number of rotatable bonds is 9. The molecule has 0 aliphatic carbocycles. The van der Waals surface area contributed by atoms with Gasteiger partial charge in [-0.25, -0.2) is 0 Å². The van der Waals surface area contributed by atoms with Gasteiger partial charge in [-0.3, -0.25) is 4.79 Å². The largest absolute Gasteiger partial charge is 0.483 e. The molecule has 0 fully saturated rings. The Morgan fingerprint density at radius 2 is 1.95 bits per heavy atom. The predicted molar refractivity (Wildman–Crippen MR) is 91.6 cm³/mol. The smallest absolute Gasteiger partial charge is 0.257 e. The maximum atomic E-state index is 11.9. The number of aryl methyl sites for hydroxylation is 1. The van der Waals surface area contributed by atoms with Gasteiger partial charge in [-0.05, 0) is 43.1 Å². The molecule has 1 aromatic rings. The van der Waals surface area contributed by atoms with Crippen LogP contribution in [0.4, 0.5) is 0 Å². The van der Waals surface area contributed by atoms with Crippen molar-refractivity contribution in [1.82, 2.24) is 10.2 Å². The zero-order valence-electron chi connectivity index (χ0n) is 14.6. The molecule has 1 aromatic carbocycles. The number of hydrogen-bond acceptors (Lipinski definition) is 3. The van der Waals surface area contributed by atoms with Crippen molar-refractivity contribution in [3.63, 3.8) is 0 Å². The number of likely N-dealkylation sites (N-methyl/N-ethyl adjacent to an activating group) is 1. The molecule has 124 valence electrons. The molecule has 0 radical (unpaired) electrons. The second-order valence-corrected chi connectivity index (χ2v) is 5.86. The fourth-order valence-electron chi connectivity index (χ4n) is 2.33. The molecule has 0 unspecified atom stereocenters. The molecule has 1 N–H and O–H groups in total. The SMILES string of the molecule is CCN(CC)CCNC(=O)COc1cc(C)ccc1C(C)C. The van der Waals surface area contributed by atoms with Crippen molar-refractivity contribution in [2.75, 3.05) is 32.8 Å². The van der Waals surface area contributed by atoms with Crippen molar-refractivity contribution in [1.29, 1.82) is 0 Å². The maximum absolute atomic E-state index is 11.9. The van der Waals surface area contributed by atoms with Crippen LogP contribution >= 0.6 is 0 Å². The number of nitrogens with zero attached hydrogens (tertiary/aromatic N) is 1. The van der Waals surface area contributed by atoms with Crippen LogP contribution in [0.3, 0.4) is 0 Å². The summed E-state index contributed by atoms with van der Waals surface area (Å²) in [5.41, 5.74) is 2.28. The Morgan fingerprint density at radius 3 is 2.55 bits per heavy atom. The first-order valence-corrected chi connectivity index (χ1v) is 8.20. The molecule has 1 rings (SSSR count). The molecule has 0 aliphatic heterocycles. The zero-order valence-corrected chi connectivity index (χ0v) is 14.6. The van der Waals surface area contributed by atoms with Crippen LogP contribution in [0.2, 0.25) is 0 Å². The molecule has 0 heterocycles. The summed E-state index contributed by atoms with van der Waals surface area (Å²) in [5.74, 6) is 1.12. The molecule has 0 aromatic heterocycles. The number of carbonyl (C=O) groups excluding carboxylic acids is 1. The second-order valence-electron chi connectivity index (χ2n) is 5.86. The van der Waals surface area contributed by atoms with Gasteiger partial charge in [-0.15, -0.1) is 0 Å². The van der Waals surface area contributed by atoms with Gasteiger partial charge in [0.2, 0.25) is 0 Å². The van der Waals surface area contributed by atoms with E-state index in [-0.39, 0.29) is 12.5 Å². The maximum Gasteiger partial charge on any atom is 0.257 e. The summed E-state index contributed by atoms with van der Waals surface area (Å²) in [6, 6.07) is 6.15. The van der Waals surface area contributed by atoms with Gasteiger partial charge in [-0.2, -0.15) is 0 Å². The molecule has 0 saturated carbocycles. The quantitative estimate of drug-likeness (QED) is 0.762. The zero-order chi connectivity index (χ0) is 16.5. The Balaban J connectivity index is 2.46. The van der Waals surface area contributed by atoms with E-state index < -0.39 is 0 Å².